The summed E-state index contributed by atoms with van der Waals surface area (Å²) in [6.45, 7) is -0.366. The van der Waals surface area contributed by atoms with E-state index >= 15 is 0 Å². The van der Waals surface area contributed by atoms with Gasteiger partial charge < -0.3 is 34.4 Å². The zero-order chi connectivity index (χ0) is 34.1. The Balaban J connectivity index is 1.29. The van der Waals surface area contributed by atoms with Crippen molar-refractivity contribution in [2.24, 2.45) is 11.8 Å². The van der Waals surface area contributed by atoms with Gasteiger partial charge in [-0.3, -0.25) is 19.2 Å². The van der Waals surface area contributed by atoms with E-state index in [0.717, 1.165) is 0 Å². The molecule has 1 spiro atoms. The van der Waals surface area contributed by atoms with Crippen molar-refractivity contribution in [2.45, 2.75) is 49.4 Å². The number of aliphatic hydroxyl groups excluding tert-OH is 1. The Morgan fingerprint density at radius 3 is 2.63 bits per heavy atom. The van der Waals surface area contributed by atoms with Crippen LogP contribution < -0.4 is 5.32 Å². The molecule has 2 saturated heterocycles. The molecule has 0 saturated carbocycles. The SMILES string of the molecule is COC[C@H]1NC(=O)CC/C=C\CN(Cn2nnc3ccccc32)C(=O)[C@@H]2N(CCO)C(=O)[C@H]3[C@H](C(=O)O[C@@H]1c1ccccc1)[C@@H]1C=C[C@]23O1. The molecule has 0 aliphatic carbocycles. The molecule has 2 fully saturated rings. The number of methoxy groups -OCH3 is 1. The lowest BCUT2D eigenvalue weighted by atomic mass is 9.74. The molecule has 0 unspecified atom stereocenters. The van der Waals surface area contributed by atoms with Crippen LogP contribution >= 0.6 is 0 Å². The number of para-hydroxylation sites is 1. The molecule has 2 N–H and O–H groups in total. The molecule has 14 nitrogen and oxygen atoms in total. The summed E-state index contributed by atoms with van der Waals surface area (Å²) in [7, 11) is 1.50. The first-order chi connectivity index (χ1) is 23.9. The number of amides is 3. The van der Waals surface area contributed by atoms with Gasteiger partial charge in [0, 0.05) is 26.6 Å². The van der Waals surface area contributed by atoms with Crippen LogP contribution in [0.3, 0.4) is 0 Å². The highest BCUT2D eigenvalue weighted by Crippen LogP contribution is 2.55. The zero-order valence-electron chi connectivity index (χ0n) is 27.0. The maximum atomic E-state index is 14.7. The smallest absolute Gasteiger partial charge is 0.313 e. The first-order valence-electron chi connectivity index (χ1n) is 16.4. The highest BCUT2D eigenvalue weighted by atomic mass is 16.6. The fourth-order valence-corrected chi connectivity index (χ4v) is 7.57. The van der Waals surface area contributed by atoms with Crippen LogP contribution in [-0.2, 0) is 40.1 Å². The van der Waals surface area contributed by atoms with Crippen molar-refractivity contribution in [3.05, 3.63) is 84.5 Å². The molecule has 7 atom stereocenters. The quantitative estimate of drug-likeness (QED) is 0.275. The number of nitrogens with zero attached hydrogens (tertiary/aromatic N) is 5. The molecule has 256 valence electrons. The summed E-state index contributed by atoms with van der Waals surface area (Å²) in [5, 5.41) is 21.5. The van der Waals surface area contributed by atoms with Crippen molar-refractivity contribution in [2.75, 3.05) is 33.4 Å². The fraction of sp³-hybridized carbons (Fsp3) is 0.429. The van der Waals surface area contributed by atoms with Crippen molar-refractivity contribution < 1.29 is 38.5 Å². The van der Waals surface area contributed by atoms with E-state index in [-0.39, 0.29) is 38.7 Å². The second-order valence-corrected chi connectivity index (χ2v) is 12.6. The number of carbonyl (C=O) groups excluding carboxylic acids is 4. The molecule has 3 amide bonds. The molecular formula is C35H38N6O8. The lowest BCUT2D eigenvalue weighted by molar-refractivity contribution is -0.162. The normalized spacial score (nSPS) is 30.9. The van der Waals surface area contributed by atoms with Crippen LogP contribution in [0, 0.1) is 11.8 Å². The van der Waals surface area contributed by atoms with Gasteiger partial charge >= 0.3 is 5.97 Å². The van der Waals surface area contributed by atoms with Crippen LogP contribution in [0.1, 0.15) is 24.5 Å². The number of nitrogens with one attached hydrogen (secondary N) is 1. The number of benzene rings is 2. The van der Waals surface area contributed by atoms with E-state index in [9.17, 15) is 24.3 Å². The number of esters is 1. The minimum atomic E-state index is -1.47. The molecular weight excluding hydrogens is 632 g/mol. The molecule has 0 radical (unpaired) electrons. The molecule has 2 aromatic carbocycles. The zero-order valence-corrected chi connectivity index (χ0v) is 27.0. The fourth-order valence-electron chi connectivity index (χ4n) is 7.57. The van der Waals surface area contributed by atoms with Gasteiger partial charge in [-0.1, -0.05) is 72.0 Å². The van der Waals surface area contributed by atoms with E-state index < -0.39 is 66.1 Å². The number of aromatic nitrogens is 3. The van der Waals surface area contributed by atoms with Crippen molar-refractivity contribution >= 4 is 34.7 Å². The van der Waals surface area contributed by atoms with Gasteiger partial charge in [-0.2, -0.15) is 0 Å². The Morgan fingerprint density at radius 2 is 1.84 bits per heavy atom. The molecule has 4 aliphatic rings. The summed E-state index contributed by atoms with van der Waals surface area (Å²) in [5.41, 5.74) is 0.528. The van der Waals surface area contributed by atoms with Gasteiger partial charge in [-0.25, -0.2) is 4.68 Å². The highest BCUT2D eigenvalue weighted by molar-refractivity contribution is 5.99. The minimum absolute atomic E-state index is 0.00135. The summed E-state index contributed by atoms with van der Waals surface area (Å²) >= 11 is 0. The van der Waals surface area contributed by atoms with Crippen LogP contribution in [0.25, 0.3) is 11.0 Å². The molecule has 1 aromatic heterocycles. The third-order valence-electron chi connectivity index (χ3n) is 9.72. The average Bonchev–Trinajstić information content (AvgIpc) is 3.86. The maximum Gasteiger partial charge on any atom is 0.313 e. The molecule has 5 bridgehead atoms. The number of ether oxygens (including phenoxy) is 3. The summed E-state index contributed by atoms with van der Waals surface area (Å²) in [4.78, 5) is 59.3. The van der Waals surface area contributed by atoms with Crippen LogP contribution in [0.15, 0.2) is 78.9 Å². The monoisotopic (exact) mass is 670 g/mol. The Morgan fingerprint density at radius 1 is 1.04 bits per heavy atom. The number of aliphatic hydroxyl groups is 1. The Kier molecular flexibility index (Phi) is 9.01. The third-order valence-corrected chi connectivity index (χ3v) is 9.72. The molecule has 5 heterocycles. The van der Waals surface area contributed by atoms with E-state index in [1.54, 1.807) is 47.2 Å². The second kappa shape index (κ2) is 13.5. The number of hydrogen-bond acceptors (Lipinski definition) is 10. The van der Waals surface area contributed by atoms with E-state index in [4.69, 9.17) is 14.2 Å². The van der Waals surface area contributed by atoms with Crippen LogP contribution in [0.2, 0.25) is 0 Å². The first kappa shape index (κ1) is 32.6. The lowest BCUT2D eigenvalue weighted by Gasteiger charge is -2.35. The number of fused-ring (bicyclic) bond motifs is 3. The Hall–Kier alpha value is -4.92. The van der Waals surface area contributed by atoms with Gasteiger partial charge in [-0.05, 0) is 24.1 Å². The van der Waals surface area contributed by atoms with Gasteiger partial charge in [0.25, 0.3) is 5.91 Å². The Labute approximate surface area is 282 Å². The van der Waals surface area contributed by atoms with Crippen LogP contribution in [-0.4, -0.2) is 111 Å². The van der Waals surface area contributed by atoms with Crippen molar-refractivity contribution in [1.82, 2.24) is 30.1 Å². The molecule has 14 heteroatoms. The van der Waals surface area contributed by atoms with E-state index in [2.05, 4.69) is 15.6 Å². The lowest BCUT2D eigenvalue weighted by Crippen LogP contribution is -2.56. The number of carbonyl (C=O) groups is 4. The second-order valence-electron chi connectivity index (χ2n) is 12.6. The minimum Gasteiger partial charge on any atom is -0.455 e. The number of hydrogen-bond donors (Lipinski definition) is 2. The summed E-state index contributed by atoms with van der Waals surface area (Å²) in [5.74, 6) is -4.06. The predicted octanol–water partition coefficient (Wildman–Crippen LogP) is 1.13. The van der Waals surface area contributed by atoms with Crippen molar-refractivity contribution in [3.8, 4) is 0 Å². The topological polar surface area (TPSA) is 165 Å². The van der Waals surface area contributed by atoms with Crippen LogP contribution in [0.4, 0.5) is 0 Å². The number of β-amino-alcohol motifs (C(OH)–C–C–N with tert-alkyl or cyclic N) is 1. The number of allylic oxidation sites excluding steroid dienone is 1. The number of rotatable bonds is 7. The molecule has 7 rings (SSSR count). The summed E-state index contributed by atoms with van der Waals surface area (Å²) in [6, 6.07) is 14.5. The summed E-state index contributed by atoms with van der Waals surface area (Å²) in [6.07, 6.45) is 5.76. The van der Waals surface area contributed by atoms with Gasteiger partial charge in [0.15, 0.2) is 0 Å². The third kappa shape index (κ3) is 5.79. The largest absolute Gasteiger partial charge is 0.455 e. The van der Waals surface area contributed by atoms with Gasteiger partial charge in [0.05, 0.1) is 36.8 Å². The maximum absolute atomic E-state index is 14.7. The van der Waals surface area contributed by atoms with E-state index in [0.29, 0.717) is 23.0 Å². The van der Waals surface area contributed by atoms with E-state index in [1.165, 1.54) is 16.9 Å². The molecule has 3 aromatic rings. The van der Waals surface area contributed by atoms with Gasteiger partial charge in [-0.15, -0.1) is 5.10 Å². The van der Waals surface area contributed by atoms with Crippen LogP contribution in [0.5, 0.6) is 0 Å². The first-order valence-corrected chi connectivity index (χ1v) is 16.4. The van der Waals surface area contributed by atoms with Gasteiger partial charge in [0.2, 0.25) is 11.8 Å². The summed E-state index contributed by atoms with van der Waals surface area (Å²) < 4.78 is 19.7. The number of cyclic esters (lactones) is 1. The standard InChI is InChI=1S/C35H38N6O8/c1-47-20-24-30(22-10-4-2-5-11-22)48-34(46)28-26-15-16-35(49-26)29(28)32(44)40(18-19-42)31(35)33(45)39(17-9-3-6-14-27(43)36-24)21-41-25-13-8-7-12-23(25)37-38-41/h2-5,7-13,15-16,24,26,28-31,42H,6,14,17-21H2,1H3,(H,36,43)/b9-3-/t24-,26+,28-,29-,30-,31+,35-/m1/s1. The van der Waals surface area contributed by atoms with Crippen molar-refractivity contribution in [1.29, 1.82) is 0 Å². The Bertz CT molecular complexity index is 1790. The van der Waals surface area contributed by atoms with Gasteiger partial charge in [0.1, 0.15) is 35.9 Å². The molecule has 49 heavy (non-hydrogen) atoms. The highest BCUT2D eigenvalue weighted by Gasteiger charge is 2.73. The predicted molar refractivity (Wildman–Crippen MR) is 173 cm³/mol. The average molecular weight is 671 g/mol. The number of likely N-dealkylation sites (tertiary alicyclic amines) is 1. The van der Waals surface area contributed by atoms with E-state index in [1.807, 2.05) is 36.4 Å². The van der Waals surface area contributed by atoms with Crippen molar-refractivity contribution in [3.63, 3.8) is 0 Å². The molecule has 4 aliphatic heterocycles.